The third-order valence-electron chi connectivity index (χ3n) is 6.87. The molecule has 3 unspecified atom stereocenters. The predicted molar refractivity (Wildman–Crippen MR) is 125 cm³/mol. The number of ether oxygens (including phenoxy) is 3. The van der Waals surface area contributed by atoms with Gasteiger partial charge in [0.25, 0.3) is 0 Å². The molecule has 1 saturated heterocycles. The fraction of sp³-hybridized carbons (Fsp3) is 0.538. The van der Waals surface area contributed by atoms with Crippen LogP contribution in [-0.2, 0) is 4.89 Å². The Morgan fingerprint density at radius 1 is 1.06 bits per heavy atom. The van der Waals surface area contributed by atoms with Crippen LogP contribution in [0.2, 0.25) is 0 Å². The Morgan fingerprint density at radius 2 is 1.76 bits per heavy atom. The van der Waals surface area contributed by atoms with Crippen molar-refractivity contribution in [3.8, 4) is 28.7 Å². The van der Waals surface area contributed by atoms with Crippen molar-refractivity contribution in [1.82, 2.24) is 4.90 Å². The van der Waals surface area contributed by atoms with Crippen LogP contribution >= 0.6 is 0 Å². The summed E-state index contributed by atoms with van der Waals surface area (Å²) in [5, 5.41) is 11.1. The second-order valence-electron chi connectivity index (χ2n) is 8.54. The van der Waals surface area contributed by atoms with Crippen LogP contribution in [0.15, 0.2) is 30.3 Å². The number of benzene rings is 2. The summed E-state index contributed by atoms with van der Waals surface area (Å²) in [7, 11) is 0. The molecule has 0 bridgehead atoms. The Bertz CT molecular complexity index is 973. The van der Waals surface area contributed by atoms with Crippen molar-refractivity contribution >= 4 is 0 Å². The van der Waals surface area contributed by atoms with E-state index in [4.69, 9.17) is 24.0 Å². The first-order valence-corrected chi connectivity index (χ1v) is 12.0. The van der Waals surface area contributed by atoms with E-state index < -0.39 is 5.72 Å². The molecule has 3 aliphatic heterocycles. The Labute approximate surface area is 196 Å². The molecule has 1 fully saturated rings. The van der Waals surface area contributed by atoms with Crippen molar-refractivity contribution in [2.45, 2.75) is 59.1 Å². The lowest BCUT2D eigenvalue weighted by Crippen LogP contribution is -2.57. The van der Waals surface area contributed by atoms with Gasteiger partial charge < -0.3 is 24.2 Å². The maximum absolute atomic E-state index is 11.1. The van der Waals surface area contributed by atoms with Gasteiger partial charge in [-0.3, -0.25) is 4.90 Å². The topological polar surface area (TPSA) is 69.6 Å². The summed E-state index contributed by atoms with van der Waals surface area (Å²) in [4.78, 5) is 12.8. The van der Waals surface area contributed by atoms with E-state index in [9.17, 15) is 5.11 Å². The highest BCUT2D eigenvalue weighted by Crippen LogP contribution is 2.55. The molecule has 0 aliphatic carbocycles. The van der Waals surface area contributed by atoms with Crippen LogP contribution in [0.1, 0.15) is 64.5 Å². The zero-order valence-electron chi connectivity index (χ0n) is 20.2. The number of hydrogen-bond donors (Lipinski definition) is 1. The van der Waals surface area contributed by atoms with Crippen LogP contribution in [-0.4, -0.2) is 42.2 Å². The summed E-state index contributed by atoms with van der Waals surface area (Å²) < 4.78 is 17.9. The third-order valence-corrected chi connectivity index (χ3v) is 6.87. The number of rotatable bonds is 5. The molecule has 3 heterocycles. The molecule has 0 amide bonds. The Kier molecular flexibility index (Phi) is 6.91. The highest BCUT2D eigenvalue weighted by atomic mass is 17.2. The molecular formula is C26H35NO6. The summed E-state index contributed by atoms with van der Waals surface area (Å²) >= 11 is 0. The first kappa shape index (κ1) is 23.5. The van der Waals surface area contributed by atoms with Crippen molar-refractivity contribution in [3.05, 3.63) is 41.5 Å². The molecule has 7 nitrogen and oxygen atoms in total. The quantitative estimate of drug-likeness (QED) is 0.473. The fourth-order valence-corrected chi connectivity index (χ4v) is 5.10. The molecule has 0 spiro atoms. The van der Waals surface area contributed by atoms with Crippen LogP contribution < -0.4 is 19.1 Å². The molecule has 1 N–H and O–H groups in total. The van der Waals surface area contributed by atoms with E-state index in [2.05, 4.69) is 18.7 Å². The standard InChI is InChI=1S/C24H29NO6.C2H6/c1-4-29-31-18-9-7-8-16(23(18)26)22-15(2)24(3,25-10-5-6-11-25)30-19-13-21-20(12-17(19)22)27-14-28-21;1-2/h7-9,12-13,15,22,26H,4-6,10-11,14H2,1-3H3;1-2H3. The largest absolute Gasteiger partial charge is 0.504 e. The van der Waals surface area contributed by atoms with E-state index in [-0.39, 0.29) is 24.4 Å². The van der Waals surface area contributed by atoms with E-state index in [0.29, 0.717) is 23.9 Å². The maximum Gasteiger partial charge on any atom is 0.231 e. The van der Waals surface area contributed by atoms with Crippen molar-refractivity contribution in [3.63, 3.8) is 0 Å². The van der Waals surface area contributed by atoms with E-state index in [1.54, 1.807) is 6.07 Å². The number of aromatic hydroxyl groups is 1. The summed E-state index contributed by atoms with van der Waals surface area (Å²) in [6, 6.07) is 9.43. The smallest absolute Gasteiger partial charge is 0.231 e. The number of nitrogens with zero attached hydrogens (tertiary/aromatic N) is 1. The number of fused-ring (bicyclic) bond motifs is 2. The van der Waals surface area contributed by atoms with Crippen molar-refractivity contribution < 1.29 is 29.1 Å². The highest BCUT2D eigenvalue weighted by Gasteiger charge is 2.50. The van der Waals surface area contributed by atoms with Crippen LogP contribution in [0.3, 0.4) is 0 Å². The summed E-state index contributed by atoms with van der Waals surface area (Å²) in [5.41, 5.74) is 1.22. The zero-order chi connectivity index (χ0) is 23.6. The van der Waals surface area contributed by atoms with Crippen molar-refractivity contribution in [2.24, 2.45) is 5.92 Å². The summed E-state index contributed by atoms with van der Waals surface area (Å²) in [6.07, 6.45) is 2.32. The lowest BCUT2D eigenvalue weighted by molar-refractivity contribution is -0.203. The zero-order valence-corrected chi connectivity index (χ0v) is 20.2. The average molecular weight is 458 g/mol. The number of hydrogen-bond acceptors (Lipinski definition) is 7. The van der Waals surface area contributed by atoms with Gasteiger partial charge >= 0.3 is 0 Å². The first-order valence-electron chi connectivity index (χ1n) is 12.0. The lowest BCUT2D eigenvalue weighted by Gasteiger charge is -2.50. The minimum atomic E-state index is -0.523. The number of phenols is 1. The van der Waals surface area contributed by atoms with Crippen LogP contribution in [0.5, 0.6) is 28.7 Å². The molecule has 5 rings (SSSR count). The Hall–Kier alpha value is -2.64. The summed E-state index contributed by atoms with van der Waals surface area (Å²) in [5.74, 6) is 2.46. The SMILES string of the molecule is CC.CCOOc1cccc(C2c3cc4c(cc3OC(C)(N3CCCC3)C2C)OCO4)c1O. The van der Waals surface area contributed by atoms with E-state index in [0.717, 1.165) is 42.8 Å². The first-order chi connectivity index (χ1) is 16.0. The van der Waals surface area contributed by atoms with Gasteiger partial charge in [-0.2, -0.15) is 4.89 Å². The lowest BCUT2D eigenvalue weighted by atomic mass is 9.73. The molecule has 0 aromatic heterocycles. The molecular weight excluding hydrogens is 422 g/mol. The summed E-state index contributed by atoms with van der Waals surface area (Å²) in [6.45, 7) is 12.7. The normalized spacial score (nSPS) is 25.6. The van der Waals surface area contributed by atoms with E-state index >= 15 is 0 Å². The van der Waals surface area contributed by atoms with Gasteiger partial charge in [-0.05, 0) is 38.8 Å². The molecule has 2 aromatic carbocycles. The minimum Gasteiger partial charge on any atom is -0.504 e. The van der Waals surface area contributed by atoms with Gasteiger partial charge in [0.1, 0.15) is 5.75 Å². The van der Waals surface area contributed by atoms with Crippen LogP contribution in [0, 0.1) is 5.92 Å². The molecule has 2 aromatic rings. The van der Waals surface area contributed by atoms with Gasteiger partial charge in [0.2, 0.25) is 12.5 Å². The average Bonchev–Trinajstić information content (AvgIpc) is 3.52. The van der Waals surface area contributed by atoms with Gasteiger partial charge in [0, 0.05) is 42.1 Å². The van der Waals surface area contributed by atoms with E-state index in [1.807, 2.05) is 45.0 Å². The number of para-hydroxylation sites is 1. The minimum absolute atomic E-state index is 0.0479. The van der Waals surface area contributed by atoms with E-state index in [1.165, 1.54) is 0 Å². The molecule has 0 saturated carbocycles. The molecule has 180 valence electrons. The van der Waals surface area contributed by atoms with Crippen molar-refractivity contribution in [2.75, 3.05) is 26.5 Å². The van der Waals surface area contributed by atoms with Gasteiger partial charge in [-0.1, -0.05) is 32.9 Å². The second kappa shape index (κ2) is 9.69. The molecule has 3 aliphatic rings. The van der Waals surface area contributed by atoms with Crippen molar-refractivity contribution in [1.29, 1.82) is 0 Å². The van der Waals surface area contributed by atoms with Gasteiger partial charge in [0.05, 0.1) is 6.61 Å². The van der Waals surface area contributed by atoms with Crippen LogP contribution in [0.25, 0.3) is 0 Å². The monoisotopic (exact) mass is 457 g/mol. The molecule has 0 radical (unpaired) electrons. The molecule has 7 heteroatoms. The third kappa shape index (κ3) is 4.08. The molecule has 33 heavy (non-hydrogen) atoms. The number of phenolic OH excluding ortho intramolecular Hbond substituents is 1. The Morgan fingerprint density at radius 3 is 2.45 bits per heavy atom. The second-order valence-corrected chi connectivity index (χ2v) is 8.54. The highest BCUT2D eigenvalue weighted by molar-refractivity contribution is 5.59. The Balaban J connectivity index is 0.00000126. The fourth-order valence-electron chi connectivity index (χ4n) is 5.10. The predicted octanol–water partition coefficient (Wildman–Crippen LogP) is 5.45. The maximum atomic E-state index is 11.1. The van der Waals surface area contributed by atoms with Crippen LogP contribution in [0.4, 0.5) is 0 Å². The molecule has 3 atom stereocenters. The van der Waals surface area contributed by atoms with Gasteiger partial charge in [-0.15, -0.1) is 0 Å². The van der Waals surface area contributed by atoms with Gasteiger partial charge in [0.15, 0.2) is 23.0 Å². The van der Waals surface area contributed by atoms with Gasteiger partial charge in [-0.25, -0.2) is 0 Å². The number of likely N-dealkylation sites (tertiary alicyclic amines) is 1.